The number of rotatable bonds is 1. The smallest absolute Gasteiger partial charge is 0.352 e. The van der Waals surface area contributed by atoms with E-state index >= 15 is 0 Å². The maximum absolute atomic E-state index is 11.7. The van der Waals surface area contributed by atoms with Crippen molar-refractivity contribution >= 4 is 11.8 Å². The van der Waals surface area contributed by atoms with Gasteiger partial charge in [0.15, 0.2) is 5.78 Å². The van der Waals surface area contributed by atoms with Crippen molar-refractivity contribution in [3.05, 3.63) is 22.5 Å². The molecule has 0 spiro atoms. The number of carboxylic acid groups (broad SMARTS) is 1. The number of ketones is 1. The molecule has 2 rings (SSSR count). The van der Waals surface area contributed by atoms with E-state index in [2.05, 4.69) is 4.98 Å². The number of Topliss-reactive ketones (excluding diaryl/α,β-unsaturated/α-hetero) is 1. The van der Waals surface area contributed by atoms with E-state index in [1.165, 1.54) is 0 Å². The summed E-state index contributed by atoms with van der Waals surface area (Å²) in [5.74, 6) is -0.905. The molecule has 0 saturated heterocycles. The third-order valence-corrected chi connectivity index (χ3v) is 2.86. The Morgan fingerprint density at radius 1 is 1.33 bits per heavy atom. The zero-order valence-corrected chi connectivity index (χ0v) is 8.59. The molecule has 4 nitrogen and oxygen atoms in total. The fraction of sp³-hybridized carbons (Fsp3) is 0.455. The maximum Gasteiger partial charge on any atom is 0.352 e. The van der Waals surface area contributed by atoms with Crippen LogP contribution in [0.5, 0.6) is 0 Å². The van der Waals surface area contributed by atoms with Crippen LogP contribution in [0.3, 0.4) is 0 Å². The van der Waals surface area contributed by atoms with E-state index in [9.17, 15) is 9.59 Å². The lowest BCUT2D eigenvalue weighted by Crippen LogP contribution is -2.03. The fourth-order valence-corrected chi connectivity index (χ4v) is 2.20. The Morgan fingerprint density at radius 2 is 2.00 bits per heavy atom. The molecule has 80 valence electrons. The number of carbonyl (C=O) groups is 2. The fourth-order valence-electron chi connectivity index (χ4n) is 2.20. The minimum absolute atomic E-state index is 0.0729. The molecule has 1 aromatic rings. The highest BCUT2D eigenvalue weighted by Crippen LogP contribution is 2.26. The Bertz CT molecular complexity index is 431. The lowest BCUT2D eigenvalue weighted by Gasteiger charge is -1.98. The number of aromatic carboxylic acids is 1. The van der Waals surface area contributed by atoms with E-state index in [4.69, 9.17) is 5.11 Å². The summed E-state index contributed by atoms with van der Waals surface area (Å²) in [4.78, 5) is 25.5. The molecule has 0 amide bonds. The monoisotopic (exact) mass is 207 g/mol. The van der Waals surface area contributed by atoms with Crippen molar-refractivity contribution in [1.29, 1.82) is 0 Å². The van der Waals surface area contributed by atoms with E-state index in [0.29, 0.717) is 29.7 Å². The van der Waals surface area contributed by atoms with Gasteiger partial charge in [0.1, 0.15) is 5.69 Å². The standard InChI is InChI=1S/C11H13NO3/c1-6-9-7(10(12-6)11(14)15)4-2-3-5-8(9)13/h12H,2-5H2,1H3,(H,14,15). The summed E-state index contributed by atoms with van der Waals surface area (Å²) in [6, 6.07) is 0. The minimum atomic E-state index is -0.978. The molecule has 1 aliphatic carbocycles. The largest absolute Gasteiger partial charge is 0.477 e. The number of aromatic nitrogens is 1. The lowest BCUT2D eigenvalue weighted by atomic mass is 10.0. The first-order chi connectivity index (χ1) is 7.11. The van der Waals surface area contributed by atoms with Crippen molar-refractivity contribution in [3.8, 4) is 0 Å². The number of carbonyl (C=O) groups excluding carboxylic acids is 1. The van der Waals surface area contributed by atoms with Gasteiger partial charge in [0.25, 0.3) is 0 Å². The third kappa shape index (κ3) is 1.56. The van der Waals surface area contributed by atoms with Crippen LogP contribution in [-0.2, 0) is 6.42 Å². The summed E-state index contributed by atoms with van der Waals surface area (Å²) in [5.41, 5.74) is 2.19. The summed E-state index contributed by atoms with van der Waals surface area (Å²) in [6.07, 6.45) is 2.96. The minimum Gasteiger partial charge on any atom is -0.477 e. The van der Waals surface area contributed by atoms with Crippen molar-refractivity contribution in [2.75, 3.05) is 0 Å². The van der Waals surface area contributed by atoms with Crippen LogP contribution in [0, 0.1) is 6.92 Å². The topological polar surface area (TPSA) is 70.2 Å². The first-order valence-corrected chi connectivity index (χ1v) is 5.09. The molecule has 0 atom stereocenters. The highest BCUT2D eigenvalue weighted by Gasteiger charge is 2.25. The van der Waals surface area contributed by atoms with E-state index in [-0.39, 0.29) is 11.5 Å². The number of hydrogen-bond acceptors (Lipinski definition) is 2. The maximum atomic E-state index is 11.7. The summed E-state index contributed by atoms with van der Waals surface area (Å²) in [5, 5.41) is 8.99. The van der Waals surface area contributed by atoms with Gasteiger partial charge in [0.05, 0.1) is 0 Å². The second-order valence-electron chi connectivity index (χ2n) is 3.91. The molecule has 0 unspecified atom stereocenters. The average Bonchev–Trinajstić information content (AvgIpc) is 2.37. The van der Waals surface area contributed by atoms with Gasteiger partial charge in [-0.25, -0.2) is 4.79 Å². The van der Waals surface area contributed by atoms with Crippen LogP contribution in [0.1, 0.15) is 51.4 Å². The zero-order valence-electron chi connectivity index (χ0n) is 8.59. The first kappa shape index (κ1) is 9.96. The summed E-state index contributed by atoms with van der Waals surface area (Å²) < 4.78 is 0. The van der Waals surface area contributed by atoms with Gasteiger partial charge in [-0.1, -0.05) is 0 Å². The quantitative estimate of drug-likeness (QED) is 0.691. The highest BCUT2D eigenvalue weighted by atomic mass is 16.4. The van der Waals surface area contributed by atoms with Gasteiger partial charge >= 0.3 is 5.97 Å². The second-order valence-corrected chi connectivity index (χ2v) is 3.91. The van der Waals surface area contributed by atoms with Crippen LogP contribution in [0.25, 0.3) is 0 Å². The van der Waals surface area contributed by atoms with Gasteiger partial charge in [-0.2, -0.15) is 0 Å². The number of nitrogens with one attached hydrogen (secondary N) is 1. The molecule has 0 bridgehead atoms. The molecule has 0 fully saturated rings. The summed E-state index contributed by atoms with van der Waals surface area (Å²) in [6.45, 7) is 1.76. The number of aryl methyl sites for hydroxylation is 1. The van der Waals surface area contributed by atoms with Crippen molar-refractivity contribution in [3.63, 3.8) is 0 Å². The number of hydrogen-bond donors (Lipinski definition) is 2. The Morgan fingerprint density at radius 3 is 2.67 bits per heavy atom. The summed E-state index contributed by atoms with van der Waals surface area (Å²) in [7, 11) is 0. The molecule has 15 heavy (non-hydrogen) atoms. The van der Waals surface area contributed by atoms with Gasteiger partial charge in [-0.15, -0.1) is 0 Å². The van der Waals surface area contributed by atoms with Crippen molar-refractivity contribution in [1.82, 2.24) is 4.98 Å². The van der Waals surface area contributed by atoms with E-state index < -0.39 is 5.97 Å². The van der Waals surface area contributed by atoms with Gasteiger partial charge in [0, 0.05) is 17.7 Å². The molecule has 0 aromatic carbocycles. The Balaban J connectivity index is 2.60. The van der Waals surface area contributed by atoms with Crippen molar-refractivity contribution in [2.24, 2.45) is 0 Å². The van der Waals surface area contributed by atoms with Gasteiger partial charge in [-0.05, 0) is 31.7 Å². The molecule has 4 heteroatoms. The Kier molecular flexibility index (Phi) is 2.34. The summed E-state index contributed by atoms with van der Waals surface area (Å²) >= 11 is 0. The Hall–Kier alpha value is -1.58. The van der Waals surface area contributed by atoms with Crippen LogP contribution in [0.2, 0.25) is 0 Å². The van der Waals surface area contributed by atoms with Gasteiger partial charge < -0.3 is 10.1 Å². The molecule has 0 radical (unpaired) electrons. The van der Waals surface area contributed by atoms with Gasteiger partial charge in [0.2, 0.25) is 0 Å². The van der Waals surface area contributed by atoms with Crippen LogP contribution in [0.4, 0.5) is 0 Å². The molecule has 1 aromatic heterocycles. The van der Waals surface area contributed by atoms with Crippen molar-refractivity contribution in [2.45, 2.75) is 32.6 Å². The SMILES string of the molecule is Cc1[nH]c(C(=O)O)c2c1C(=O)CCCC2. The number of fused-ring (bicyclic) bond motifs is 1. The van der Waals surface area contributed by atoms with Crippen LogP contribution in [-0.4, -0.2) is 21.8 Å². The van der Waals surface area contributed by atoms with Gasteiger partial charge in [-0.3, -0.25) is 4.79 Å². The molecule has 2 N–H and O–H groups in total. The number of aromatic amines is 1. The Labute approximate surface area is 87.3 Å². The second kappa shape index (κ2) is 3.53. The van der Waals surface area contributed by atoms with Crippen LogP contribution >= 0.6 is 0 Å². The molecular formula is C11H13NO3. The molecular weight excluding hydrogens is 194 g/mol. The highest BCUT2D eigenvalue weighted by molar-refractivity contribution is 6.02. The van der Waals surface area contributed by atoms with E-state index in [0.717, 1.165) is 12.8 Å². The first-order valence-electron chi connectivity index (χ1n) is 5.09. The molecule has 0 aliphatic heterocycles. The molecule has 1 heterocycles. The van der Waals surface area contributed by atoms with Crippen molar-refractivity contribution < 1.29 is 14.7 Å². The number of H-pyrrole nitrogens is 1. The normalized spacial score (nSPS) is 15.9. The van der Waals surface area contributed by atoms with E-state index in [1.807, 2.05) is 0 Å². The lowest BCUT2D eigenvalue weighted by molar-refractivity contribution is 0.0689. The molecule has 1 aliphatic rings. The predicted molar refractivity (Wildman–Crippen MR) is 54.4 cm³/mol. The number of carboxylic acids is 1. The third-order valence-electron chi connectivity index (χ3n) is 2.86. The van der Waals surface area contributed by atoms with E-state index in [1.54, 1.807) is 6.92 Å². The van der Waals surface area contributed by atoms with Crippen LogP contribution in [0.15, 0.2) is 0 Å². The average molecular weight is 207 g/mol. The zero-order chi connectivity index (χ0) is 11.0. The van der Waals surface area contributed by atoms with Crippen LogP contribution < -0.4 is 0 Å². The molecule has 0 saturated carbocycles. The predicted octanol–water partition coefficient (Wildman–Crippen LogP) is 1.93.